The molecule has 2 atom stereocenters. The molecule has 1 nitrogen and oxygen atoms in total. The van der Waals surface area contributed by atoms with E-state index in [2.05, 4.69) is 6.92 Å². The molecule has 0 aliphatic heterocycles. The van der Waals surface area contributed by atoms with Crippen LogP contribution in [0.4, 0.5) is 0 Å². The van der Waals surface area contributed by atoms with E-state index in [0.29, 0.717) is 0 Å². The maximum atomic E-state index is 8.59. The lowest BCUT2D eigenvalue weighted by molar-refractivity contribution is 0.287. The van der Waals surface area contributed by atoms with Gasteiger partial charge in [0.1, 0.15) is 0 Å². The molecule has 0 spiro atoms. The Balaban J connectivity index is 3.31. The summed E-state index contributed by atoms with van der Waals surface area (Å²) in [5.41, 5.74) is 0. The molecule has 0 saturated carbocycles. The second-order valence-corrected chi connectivity index (χ2v) is 3.48. The van der Waals surface area contributed by atoms with E-state index in [9.17, 15) is 0 Å². The first-order valence-electron chi connectivity index (χ1n) is 3.61. The van der Waals surface area contributed by atoms with E-state index in [1.54, 1.807) is 0 Å². The largest absolute Gasteiger partial charge is 0.395 e. The molecule has 3 heteroatoms. The zero-order chi connectivity index (χ0) is 7.98. The highest BCUT2D eigenvalue weighted by molar-refractivity contribution is 6.30. The van der Waals surface area contributed by atoms with Crippen molar-refractivity contribution in [1.29, 1.82) is 0 Å². The van der Waals surface area contributed by atoms with Gasteiger partial charge in [0.25, 0.3) is 0 Å². The summed E-state index contributed by atoms with van der Waals surface area (Å²) in [7, 11) is 0. The molecule has 0 aromatic heterocycles. The van der Waals surface area contributed by atoms with Crippen LogP contribution in [-0.2, 0) is 0 Å². The Labute approximate surface area is 72.3 Å². The van der Waals surface area contributed by atoms with Crippen molar-refractivity contribution in [3.05, 3.63) is 0 Å². The van der Waals surface area contributed by atoms with Crippen molar-refractivity contribution >= 4 is 23.2 Å². The molecular formula is C7H14Cl2O. The second-order valence-electron chi connectivity index (χ2n) is 2.36. The van der Waals surface area contributed by atoms with Gasteiger partial charge in [0.2, 0.25) is 0 Å². The smallest absolute Gasteiger partial charge is 0.0730 e. The highest BCUT2D eigenvalue weighted by Gasteiger charge is 2.13. The molecule has 1 N–H and O–H groups in total. The van der Waals surface area contributed by atoms with Crippen molar-refractivity contribution in [3.63, 3.8) is 0 Å². The minimum atomic E-state index is -0.284. The predicted molar refractivity (Wildman–Crippen MR) is 45.9 cm³/mol. The first-order chi connectivity index (χ1) is 4.72. The van der Waals surface area contributed by atoms with Crippen LogP contribution in [0.5, 0.6) is 0 Å². The van der Waals surface area contributed by atoms with Crippen molar-refractivity contribution in [2.24, 2.45) is 0 Å². The van der Waals surface area contributed by atoms with Crippen LogP contribution in [0, 0.1) is 0 Å². The van der Waals surface area contributed by atoms with Gasteiger partial charge in [-0.3, -0.25) is 0 Å². The Morgan fingerprint density at radius 2 is 1.90 bits per heavy atom. The number of alkyl halides is 2. The van der Waals surface area contributed by atoms with E-state index >= 15 is 0 Å². The summed E-state index contributed by atoms with van der Waals surface area (Å²) in [6.45, 7) is 2.07. The molecule has 0 radical (unpaired) electrons. The van der Waals surface area contributed by atoms with Crippen LogP contribution in [0.1, 0.15) is 26.2 Å². The first kappa shape index (κ1) is 10.5. The van der Waals surface area contributed by atoms with Gasteiger partial charge in [0, 0.05) is 0 Å². The van der Waals surface area contributed by atoms with Crippen LogP contribution < -0.4 is 0 Å². The molecule has 0 aliphatic rings. The van der Waals surface area contributed by atoms with E-state index in [0.717, 1.165) is 19.3 Å². The minimum absolute atomic E-state index is 0.0283. The van der Waals surface area contributed by atoms with E-state index < -0.39 is 0 Å². The van der Waals surface area contributed by atoms with Gasteiger partial charge < -0.3 is 5.11 Å². The summed E-state index contributed by atoms with van der Waals surface area (Å²) >= 11 is 11.5. The lowest BCUT2D eigenvalue weighted by Crippen LogP contribution is -2.18. The topological polar surface area (TPSA) is 20.2 Å². The molecule has 0 bridgehead atoms. The zero-order valence-corrected chi connectivity index (χ0v) is 7.70. The van der Waals surface area contributed by atoms with Gasteiger partial charge in [0.05, 0.1) is 17.4 Å². The summed E-state index contributed by atoms with van der Waals surface area (Å²) in [6.07, 6.45) is 3.10. The Morgan fingerprint density at radius 1 is 1.30 bits per heavy atom. The number of unbranched alkanes of at least 4 members (excludes halogenated alkanes) is 1. The first-order valence-corrected chi connectivity index (χ1v) is 4.48. The maximum absolute atomic E-state index is 8.59. The van der Waals surface area contributed by atoms with E-state index in [4.69, 9.17) is 28.3 Å². The molecule has 0 aliphatic carbocycles. The number of rotatable bonds is 5. The quantitative estimate of drug-likeness (QED) is 0.652. The normalized spacial score (nSPS) is 16.8. The van der Waals surface area contributed by atoms with Gasteiger partial charge >= 0.3 is 0 Å². The Morgan fingerprint density at radius 3 is 2.30 bits per heavy atom. The molecule has 0 aromatic carbocycles. The average molecular weight is 185 g/mol. The van der Waals surface area contributed by atoms with E-state index in [-0.39, 0.29) is 17.4 Å². The number of hydrogen-bond donors (Lipinski definition) is 1. The fraction of sp³-hybridized carbons (Fsp3) is 1.00. The predicted octanol–water partition coefficient (Wildman–Crippen LogP) is 2.38. The van der Waals surface area contributed by atoms with Gasteiger partial charge in [-0.1, -0.05) is 19.8 Å². The lowest BCUT2D eigenvalue weighted by Gasteiger charge is -2.11. The van der Waals surface area contributed by atoms with Crippen molar-refractivity contribution in [2.45, 2.75) is 36.9 Å². The summed E-state index contributed by atoms with van der Waals surface area (Å²) < 4.78 is 0. The fourth-order valence-electron chi connectivity index (χ4n) is 0.694. The van der Waals surface area contributed by atoms with Crippen LogP contribution in [0.3, 0.4) is 0 Å². The lowest BCUT2D eigenvalue weighted by atomic mass is 10.1. The average Bonchev–Trinajstić information content (AvgIpc) is 1.98. The number of aliphatic hydroxyl groups excluding tert-OH is 1. The van der Waals surface area contributed by atoms with Gasteiger partial charge in [-0.2, -0.15) is 0 Å². The number of halogens is 2. The molecule has 0 rings (SSSR count). The third-order valence-corrected chi connectivity index (χ3v) is 2.49. The highest BCUT2D eigenvalue weighted by atomic mass is 35.5. The molecular weight excluding hydrogens is 171 g/mol. The standard InChI is InChI=1S/C7H14Cl2O/c1-2-3-4-6(8)7(9)5-10/h6-7,10H,2-5H2,1H3. The van der Waals surface area contributed by atoms with Gasteiger partial charge in [0.15, 0.2) is 0 Å². The molecule has 62 valence electrons. The van der Waals surface area contributed by atoms with E-state index in [1.165, 1.54) is 0 Å². The molecule has 2 unspecified atom stereocenters. The number of aliphatic hydroxyl groups is 1. The molecule has 0 fully saturated rings. The van der Waals surface area contributed by atoms with Crippen molar-refractivity contribution in [2.75, 3.05) is 6.61 Å². The monoisotopic (exact) mass is 184 g/mol. The molecule has 10 heavy (non-hydrogen) atoms. The SMILES string of the molecule is CCCCC(Cl)C(Cl)CO. The van der Waals surface area contributed by atoms with Crippen molar-refractivity contribution in [3.8, 4) is 0 Å². The summed E-state index contributed by atoms with van der Waals surface area (Å²) in [6, 6.07) is 0. The highest BCUT2D eigenvalue weighted by Crippen LogP contribution is 2.15. The van der Waals surface area contributed by atoms with Gasteiger partial charge in [-0.25, -0.2) is 0 Å². The number of hydrogen-bond acceptors (Lipinski definition) is 1. The molecule has 0 heterocycles. The van der Waals surface area contributed by atoms with E-state index in [1.807, 2.05) is 0 Å². The fourth-order valence-corrected chi connectivity index (χ4v) is 1.05. The van der Waals surface area contributed by atoms with Crippen LogP contribution in [0.2, 0.25) is 0 Å². The zero-order valence-electron chi connectivity index (χ0n) is 6.19. The maximum Gasteiger partial charge on any atom is 0.0730 e. The summed E-state index contributed by atoms with van der Waals surface area (Å²) in [4.78, 5) is 0. The minimum Gasteiger partial charge on any atom is -0.395 e. The Kier molecular flexibility index (Phi) is 6.60. The Bertz CT molecular complexity index is 78.0. The van der Waals surface area contributed by atoms with Crippen LogP contribution in [0.15, 0.2) is 0 Å². The molecule has 0 amide bonds. The third-order valence-electron chi connectivity index (χ3n) is 1.40. The van der Waals surface area contributed by atoms with Gasteiger partial charge in [-0.15, -0.1) is 23.2 Å². The van der Waals surface area contributed by atoms with Crippen LogP contribution in [0.25, 0.3) is 0 Å². The van der Waals surface area contributed by atoms with Crippen molar-refractivity contribution < 1.29 is 5.11 Å². The second kappa shape index (κ2) is 6.26. The van der Waals surface area contributed by atoms with Crippen LogP contribution in [-0.4, -0.2) is 22.5 Å². The summed E-state index contributed by atoms with van der Waals surface area (Å²) in [5, 5.41) is 8.23. The molecule has 0 saturated heterocycles. The molecule has 0 aromatic rings. The summed E-state index contributed by atoms with van der Waals surface area (Å²) in [5.74, 6) is 0. The van der Waals surface area contributed by atoms with Crippen LogP contribution >= 0.6 is 23.2 Å². The Hall–Kier alpha value is 0.540. The third kappa shape index (κ3) is 4.37. The van der Waals surface area contributed by atoms with Crippen molar-refractivity contribution in [1.82, 2.24) is 0 Å². The van der Waals surface area contributed by atoms with Gasteiger partial charge in [-0.05, 0) is 6.42 Å².